The maximum absolute atomic E-state index is 11.5. The Balaban J connectivity index is 1.76. The van der Waals surface area contributed by atoms with Crippen LogP contribution in [0.3, 0.4) is 0 Å². The van der Waals surface area contributed by atoms with Gasteiger partial charge >= 0.3 is 0 Å². The quantitative estimate of drug-likeness (QED) is 0.487. The second-order valence-corrected chi connectivity index (χ2v) is 4.50. The van der Waals surface area contributed by atoms with Crippen LogP contribution in [0, 0.1) is 0 Å². The second-order valence-electron chi connectivity index (χ2n) is 3.56. The van der Waals surface area contributed by atoms with Crippen LogP contribution in [0.2, 0.25) is 0 Å². The zero-order valence-corrected chi connectivity index (χ0v) is 11.0. The van der Waals surface area contributed by atoms with Crippen molar-refractivity contribution in [1.29, 1.82) is 0 Å². The van der Waals surface area contributed by atoms with Crippen molar-refractivity contribution in [3.05, 3.63) is 36.4 Å². The molecule has 0 aromatic carbocycles. The van der Waals surface area contributed by atoms with Crippen molar-refractivity contribution < 1.29 is 4.79 Å². The van der Waals surface area contributed by atoms with Gasteiger partial charge in [0.25, 0.3) is 5.91 Å². The van der Waals surface area contributed by atoms with Crippen molar-refractivity contribution in [3.8, 4) is 0 Å². The summed E-state index contributed by atoms with van der Waals surface area (Å²) in [5.74, 6) is 0.0201. The van der Waals surface area contributed by atoms with Gasteiger partial charge in [-0.15, -0.1) is 10.2 Å². The van der Waals surface area contributed by atoms with Crippen LogP contribution in [0.25, 0.3) is 0 Å². The average molecular weight is 276 g/mol. The third-order valence-corrected chi connectivity index (χ3v) is 3.11. The van der Waals surface area contributed by atoms with E-state index in [-0.39, 0.29) is 11.7 Å². The molecule has 1 N–H and O–H groups in total. The zero-order valence-electron chi connectivity index (χ0n) is 10.2. The Hall–Kier alpha value is -2.22. The Labute approximate surface area is 114 Å². The van der Waals surface area contributed by atoms with Gasteiger partial charge in [-0.2, -0.15) is 5.10 Å². The molecule has 0 aliphatic rings. The maximum Gasteiger partial charge on any atom is 0.250 e. The molecule has 0 spiro atoms. The largest absolute Gasteiger partial charge is 0.312 e. The van der Waals surface area contributed by atoms with E-state index in [4.69, 9.17) is 0 Å². The van der Waals surface area contributed by atoms with E-state index in [1.807, 2.05) is 19.2 Å². The van der Waals surface area contributed by atoms with Gasteiger partial charge in [-0.05, 0) is 12.1 Å². The lowest BCUT2D eigenvalue weighted by atomic mass is 10.4. The Morgan fingerprint density at radius 3 is 3.16 bits per heavy atom. The highest BCUT2D eigenvalue weighted by atomic mass is 32.2. The molecular weight excluding hydrogens is 264 g/mol. The van der Waals surface area contributed by atoms with E-state index in [0.29, 0.717) is 10.9 Å². The van der Waals surface area contributed by atoms with Crippen LogP contribution in [0.4, 0.5) is 0 Å². The molecular formula is C11H12N6OS. The highest BCUT2D eigenvalue weighted by Gasteiger charge is 2.05. The molecule has 0 aliphatic carbocycles. The SMILES string of the molecule is Cn1cnnc1SCC(=O)NN=Cc1ccccn1. The van der Waals surface area contributed by atoms with Crippen LogP contribution < -0.4 is 5.43 Å². The zero-order chi connectivity index (χ0) is 13.5. The van der Waals surface area contributed by atoms with E-state index in [0.717, 1.165) is 0 Å². The monoisotopic (exact) mass is 276 g/mol. The van der Waals surface area contributed by atoms with Crippen molar-refractivity contribution in [3.63, 3.8) is 0 Å². The molecule has 0 unspecified atom stereocenters. The molecule has 2 aromatic rings. The lowest BCUT2D eigenvalue weighted by Crippen LogP contribution is -2.20. The van der Waals surface area contributed by atoms with Crippen LogP contribution in [0.5, 0.6) is 0 Å². The lowest BCUT2D eigenvalue weighted by Gasteiger charge is -1.99. The van der Waals surface area contributed by atoms with Crippen molar-refractivity contribution in [2.75, 3.05) is 5.75 Å². The second kappa shape index (κ2) is 6.64. The number of carbonyl (C=O) groups is 1. The highest BCUT2D eigenvalue weighted by Crippen LogP contribution is 2.12. The predicted octanol–water partition coefficient (Wildman–Crippen LogP) is 0.452. The van der Waals surface area contributed by atoms with Crippen LogP contribution in [0.15, 0.2) is 41.0 Å². The summed E-state index contributed by atoms with van der Waals surface area (Å²) >= 11 is 1.30. The number of pyridine rings is 1. The molecule has 0 aliphatic heterocycles. The highest BCUT2D eigenvalue weighted by molar-refractivity contribution is 7.99. The third kappa shape index (κ3) is 4.18. The average Bonchev–Trinajstić information content (AvgIpc) is 2.83. The third-order valence-electron chi connectivity index (χ3n) is 2.08. The van der Waals surface area contributed by atoms with Crippen LogP contribution >= 0.6 is 11.8 Å². The number of thioether (sulfide) groups is 1. The van der Waals surface area contributed by atoms with Gasteiger partial charge in [0.05, 0.1) is 17.7 Å². The standard InChI is InChI=1S/C11H12N6OS/c1-17-8-14-16-11(17)19-7-10(18)15-13-6-9-4-2-3-5-12-9/h2-6,8H,7H2,1H3,(H,15,18). The van der Waals surface area contributed by atoms with E-state index in [2.05, 4.69) is 25.7 Å². The molecule has 98 valence electrons. The van der Waals surface area contributed by atoms with Gasteiger partial charge in [-0.1, -0.05) is 17.8 Å². The normalized spacial score (nSPS) is 10.8. The Kier molecular flexibility index (Phi) is 4.62. The molecule has 2 rings (SSSR count). The van der Waals surface area contributed by atoms with E-state index in [9.17, 15) is 4.79 Å². The van der Waals surface area contributed by atoms with Gasteiger partial charge in [0, 0.05) is 13.2 Å². The van der Waals surface area contributed by atoms with Gasteiger partial charge in [0.1, 0.15) is 6.33 Å². The topological polar surface area (TPSA) is 85.1 Å². The number of hydrogen-bond donors (Lipinski definition) is 1. The first-order valence-electron chi connectivity index (χ1n) is 5.45. The number of rotatable bonds is 5. The fourth-order valence-electron chi connectivity index (χ4n) is 1.19. The molecule has 0 bridgehead atoms. The number of carbonyl (C=O) groups excluding carboxylic acids is 1. The van der Waals surface area contributed by atoms with E-state index in [1.54, 1.807) is 23.2 Å². The molecule has 1 amide bonds. The van der Waals surface area contributed by atoms with Crippen molar-refractivity contribution >= 4 is 23.9 Å². The molecule has 0 atom stereocenters. The fraction of sp³-hybridized carbons (Fsp3) is 0.182. The predicted molar refractivity (Wildman–Crippen MR) is 71.7 cm³/mol. The first-order chi connectivity index (χ1) is 9.25. The molecule has 7 nitrogen and oxygen atoms in total. The molecule has 2 aromatic heterocycles. The van der Waals surface area contributed by atoms with E-state index >= 15 is 0 Å². The van der Waals surface area contributed by atoms with Crippen LogP contribution in [-0.4, -0.2) is 37.6 Å². The number of hydrogen-bond acceptors (Lipinski definition) is 6. The van der Waals surface area contributed by atoms with E-state index in [1.165, 1.54) is 18.0 Å². The molecule has 2 heterocycles. The van der Waals surface area contributed by atoms with Gasteiger partial charge in [0.15, 0.2) is 5.16 Å². The molecule has 8 heteroatoms. The van der Waals surface area contributed by atoms with Crippen molar-refractivity contribution in [2.45, 2.75) is 5.16 Å². The molecule has 0 saturated heterocycles. The minimum absolute atomic E-state index is 0.208. The fourth-order valence-corrected chi connectivity index (χ4v) is 1.87. The summed E-state index contributed by atoms with van der Waals surface area (Å²) in [6.45, 7) is 0. The Bertz CT molecular complexity index is 568. The number of aromatic nitrogens is 4. The lowest BCUT2D eigenvalue weighted by molar-refractivity contribution is -0.118. The first-order valence-corrected chi connectivity index (χ1v) is 6.44. The smallest absolute Gasteiger partial charge is 0.250 e. The van der Waals surface area contributed by atoms with Crippen molar-refractivity contribution in [1.82, 2.24) is 25.2 Å². The number of nitrogens with one attached hydrogen (secondary N) is 1. The van der Waals surface area contributed by atoms with E-state index < -0.39 is 0 Å². The Morgan fingerprint density at radius 2 is 2.47 bits per heavy atom. The van der Waals surface area contributed by atoms with Gasteiger partial charge in [-0.25, -0.2) is 5.43 Å². The molecule has 0 fully saturated rings. The molecule has 0 saturated carbocycles. The van der Waals surface area contributed by atoms with Crippen LogP contribution in [-0.2, 0) is 11.8 Å². The summed E-state index contributed by atoms with van der Waals surface area (Å²) in [5.41, 5.74) is 3.11. The van der Waals surface area contributed by atoms with Crippen molar-refractivity contribution in [2.24, 2.45) is 12.1 Å². The first kappa shape index (κ1) is 13.2. The van der Waals surface area contributed by atoms with Crippen LogP contribution in [0.1, 0.15) is 5.69 Å². The summed E-state index contributed by atoms with van der Waals surface area (Å²) in [4.78, 5) is 15.6. The summed E-state index contributed by atoms with van der Waals surface area (Å²) in [5, 5.41) is 12.1. The number of nitrogens with zero attached hydrogens (tertiary/aromatic N) is 5. The summed E-state index contributed by atoms with van der Waals surface area (Å²) in [6, 6.07) is 5.46. The van der Waals surface area contributed by atoms with Gasteiger partial charge in [0.2, 0.25) is 0 Å². The number of aryl methyl sites for hydroxylation is 1. The number of hydrazone groups is 1. The van der Waals surface area contributed by atoms with Gasteiger partial charge in [-0.3, -0.25) is 9.78 Å². The Morgan fingerprint density at radius 1 is 1.58 bits per heavy atom. The molecule has 19 heavy (non-hydrogen) atoms. The van der Waals surface area contributed by atoms with Gasteiger partial charge < -0.3 is 4.57 Å². The minimum atomic E-state index is -0.208. The maximum atomic E-state index is 11.5. The molecule has 0 radical (unpaired) electrons. The summed E-state index contributed by atoms with van der Waals surface area (Å²) in [7, 11) is 1.82. The minimum Gasteiger partial charge on any atom is -0.312 e. The number of amides is 1. The summed E-state index contributed by atoms with van der Waals surface area (Å²) in [6.07, 6.45) is 4.73. The summed E-state index contributed by atoms with van der Waals surface area (Å²) < 4.78 is 1.75.